The molecule has 2 aromatic rings. The zero-order valence-electron chi connectivity index (χ0n) is 16.0. The Morgan fingerprint density at radius 1 is 1.29 bits per heavy atom. The van der Waals surface area contributed by atoms with Crippen LogP contribution in [0.25, 0.3) is 0 Å². The van der Waals surface area contributed by atoms with E-state index in [-0.39, 0.29) is 5.54 Å². The van der Waals surface area contributed by atoms with Crippen LogP contribution in [0.15, 0.2) is 38.8 Å². The molecule has 4 nitrogen and oxygen atoms in total. The van der Waals surface area contributed by atoms with Gasteiger partial charge in [0.1, 0.15) is 5.84 Å². The number of amidine groups is 1. The lowest BCUT2D eigenvalue weighted by atomic mass is 10.1. The van der Waals surface area contributed by atoms with Gasteiger partial charge in [-0.25, -0.2) is 0 Å². The topological polar surface area (TPSA) is 51.2 Å². The van der Waals surface area contributed by atoms with Gasteiger partial charge in [-0.05, 0) is 49.1 Å². The average Bonchev–Trinajstić information content (AvgIpc) is 3.27. The number of benzene rings is 1. The predicted octanol–water partition coefficient (Wildman–Crippen LogP) is 5.78. The summed E-state index contributed by atoms with van der Waals surface area (Å²) in [6, 6.07) is 10.2. The largest absolute Gasteiger partial charge is 0.348 e. The summed E-state index contributed by atoms with van der Waals surface area (Å²) in [7, 11) is 0. The average molecular weight is 453 g/mol. The number of thiophene rings is 1. The molecular weight excluding hydrogens is 428 g/mol. The number of halogens is 1. The van der Waals surface area contributed by atoms with E-state index in [9.17, 15) is 0 Å². The fraction of sp³-hybridized carbons (Fsp3) is 0.450. The van der Waals surface area contributed by atoms with Crippen LogP contribution in [0, 0.1) is 5.41 Å². The van der Waals surface area contributed by atoms with Gasteiger partial charge in [0.2, 0.25) is 0 Å². The molecule has 0 radical (unpaired) electrons. The minimum absolute atomic E-state index is 0.121. The van der Waals surface area contributed by atoms with E-state index in [1.807, 2.05) is 30.0 Å². The SMILES string of the molecule is CC(C)Sc1ccc(SNc2cccc(Cl)c2C(=N)N2CCNCC23CC3)s1. The van der Waals surface area contributed by atoms with Crippen molar-refractivity contribution >= 4 is 58.2 Å². The van der Waals surface area contributed by atoms with Crippen molar-refractivity contribution in [3.8, 4) is 0 Å². The minimum atomic E-state index is 0.121. The van der Waals surface area contributed by atoms with Crippen molar-refractivity contribution in [2.75, 3.05) is 24.4 Å². The summed E-state index contributed by atoms with van der Waals surface area (Å²) in [5, 5.41) is 13.6. The highest BCUT2D eigenvalue weighted by molar-refractivity contribution is 8.04. The van der Waals surface area contributed by atoms with Crippen LogP contribution >= 0.6 is 46.6 Å². The number of thioether (sulfide) groups is 1. The number of anilines is 1. The fourth-order valence-corrected chi connectivity index (χ4v) is 7.15. The third kappa shape index (κ3) is 4.33. The van der Waals surface area contributed by atoms with Crippen molar-refractivity contribution in [3.63, 3.8) is 0 Å². The van der Waals surface area contributed by atoms with Gasteiger partial charge in [0.15, 0.2) is 0 Å². The van der Waals surface area contributed by atoms with E-state index in [1.54, 1.807) is 23.3 Å². The highest BCUT2D eigenvalue weighted by Gasteiger charge is 2.50. The molecule has 4 rings (SSSR count). The third-order valence-electron chi connectivity index (χ3n) is 5.06. The van der Waals surface area contributed by atoms with Crippen LogP contribution in [-0.4, -0.2) is 41.2 Å². The molecule has 0 unspecified atom stereocenters. The maximum absolute atomic E-state index is 8.93. The Morgan fingerprint density at radius 2 is 2.07 bits per heavy atom. The van der Waals surface area contributed by atoms with Gasteiger partial charge in [-0.1, -0.05) is 31.5 Å². The van der Waals surface area contributed by atoms with Crippen molar-refractivity contribution in [1.82, 2.24) is 10.2 Å². The molecule has 1 aliphatic carbocycles. The van der Waals surface area contributed by atoms with Crippen LogP contribution in [0.1, 0.15) is 32.3 Å². The molecule has 0 bridgehead atoms. The molecule has 3 N–H and O–H groups in total. The first-order valence-corrected chi connectivity index (χ1v) is 12.4. The third-order valence-corrected chi connectivity index (χ3v) is 8.58. The summed E-state index contributed by atoms with van der Waals surface area (Å²) >= 11 is 11.8. The molecule has 1 aliphatic heterocycles. The molecule has 0 amide bonds. The summed E-state index contributed by atoms with van der Waals surface area (Å²) in [5.74, 6) is 0.537. The molecule has 1 aromatic heterocycles. The number of nitrogens with one attached hydrogen (secondary N) is 3. The van der Waals surface area contributed by atoms with E-state index in [4.69, 9.17) is 17.0 Å². The molecule has 8 heteroatoms. The van der Waals surface area contributed by atoms with Gasteiger partial charge in [0.05, 0.1) is 30.2 Å². The van der Waals surface area contributed by atoms with Crippen LogP contribution in [0.4, 0.5) is 5.69 Å². The Labute approximate surface area is 184 Å². The Bertz CT molecular complexity index is 863. The Hall–Kier alpha value is -0.860. The number of hydrogen-bond donors (Lipinski definition) is 3. The van der Waals surface area contributed by atoms with Crippen LogP contribution < -0.4 is 10.0 Å². The van der Waals surface area contributed by atoms with Crippen LogP contribution in [0.2, 0.25) is 5.02 Å². The molecule has 1 spiro atoms. The molecule has 0 atom stereocenters. The Kier molecular flexibility index (Phi) is 6.18. The molecule has 1 saturated carbocycles. The lowest BCUT2D eigenvalue weighted by Gasteiger charge is -2.39. The number of rotatable bonds is 6. The standard InChI is InChI=1S/C20H25ClN4S3/c1-13(2)26-16-6-7-17(27-16)28-24-15-5-3-4-14(21)18(15)19(22)25-11-10-23-12-20(25)8-9-20/h3-7,13,22-24H,8-12H2,1-2H3. The van der Waals surface area contributed by atoms with E-state index in [0.717, 1.165) is 43.7 Å². The predicted molar refractivity (Wildman–Crippen MR) is 125 cm³/mol. The van der Waals surface area contributed by atoms with Crippen molar-refractivity contribution in [2.24, 2.45) is 0 Å². The summed E-state index contributed by atoms with van der Waals surface area (Å²) in [4.78, 5) is 2.25. The quantitative estimate of drug-likeness (QED) is 0.224. The molecule has 150 valence electrons. The lowest BCUT2D eigenvalue weighted by Crippen LogP contribution is -2.55. The molecule has 2 heterocycles. The zero-order valence-corrected chi connectivity index (χ0v) is 19.3. The monoisotopic (exact) mass is 452 g/mol. The fourth-order valence-electron chi connectivity index (χ4n) is 3.53. The van der Waals surface area contributed by atoms with Crippen LogP contribution in [0.5, 0.6) is 0 Å². The normalized spacial score (nSPS) is 17.9. The van der Waals surface area contributed by atoms with Crippen molar-refractivity contribution < 1.29 is 0 Å². The van der Waals surface area contributed by atoms with Crippen molar-refractivity contribution in [3.05, 3.63) is 40.9 Å². The molecule has 1 saturated heterocycles. The molecule has 2 aliphatic rings. The van der Waals surface area contributed by atoms with Gasteiger partial charge in [-0.15, -0.1) is 23.1 Å². The number of hydrogen-bond acceptors (Lipinski definition) is 6. The highest BCUT2D eigenvalue weighted by Crippen LogP contribution is 2.44. The number of nitrogens with zero attached hydrogens (tertiary/aromatic N) is 1. The second kappa shape index (κ2) is 8.48. The number of piperazine rings is 1. The Morgan fingerprint density at radius 3 is 2.82 bits per heavy atom. The van der Waals surface area contributed by atoms with E-state index >= 15 is 0 Å². The Balaban J connectivity index is 1.51. The first kappa shape index (κ1) is 20.4. The molecular formula is C20H25ClN4S3. The van der Waals surface area contributed by atoms with Gasteiger partial charge in [-0.3, -0.25) is 5.41 Å². The van der Waals surface area contributed by atoms with Gasteiger partial charge < -0.3 is 14.9 Å². The second-order valence-electron chi connectivity index (χ2n) is 7.51. The molecule has 28 heavy (non-hydrogen) atoms. The van der Waals surface area contributed by atoms with Crippen LogP contribution in [-0.2, 0) is 0 Å². The lowest BCUT2D eigenvalue weighted by molar-refractivity contribution is 0.237. The molecule has 1 aromatic carbocycles. The zero-order chi connectivity index (χ0) is 19.7. The first-order valence-electron chi connectivity index (χ1n) is 9.54. The molecule has 2 fully saturated rings. The summed E-state index contributed by atoms with van der Waals surface area (Å²) in [5.41, 5.74) is 1.83. The van der Waals surface area contributed by atoms with Gasteiger partial charge in [0.25, 0.3) is 0 Å². The summed E-state index contributed by atoms with van der Waals surface area (Å²) in [6.45, 7) is 7.15. The van der Waals surface area contributed by atoms with Gasteiger partial charge in [0, 0.05) is 24.9 Å². The second-order valence-corrected chi connectivity index (χ2v) is 12.0. The van der Waals surface area contributed by atoms with Gasteiger partial charge in [-0.2, -0.15) is 0 Å². The van der Waals surface area contributed by atoms with Gasteiger partial charge >= 0.3 is 0 Å². The maximum atomic E-state index is 8.93. The smallest absolute Gasteiger partial charge is 0.132 e. The first-order chi connectivity index (χ1) is 13.5. The van der Waals surface area contributed by atoms with Crippen molar-refractivity contribution in [1.29, 1.82) is 5.41 Å². The summed E-state index contributed by atoms with van der Waals surface area (Å²) in [6.07, 6.45) is 2.30. The minimum Gasteiger partial charge on any atom is -0.348 e. The van der Waals surface area contributed by atoms with E-state index in [1.165, 1.54) is 8.42 Å². The van der Waals surface area contributed by atoms with E-state index in [0.29, 0.717) is 16.1 Å². The van der Waals surface area contributed by atoms with E-state index in [2.05, 4.69) is 40.9 Å². The van der Waals surface area contributed by atoms with E-state index < -0.39 is 0 Å². The highest BCUT2D eigenvalue weighted by atomic mass is 35.5. The maximum Gasteiger partial charge on any atom is 0.132 e. The summed E-state index contributed by atoms with van der Waals surface area (Å²) < 4.78 is 5.99. The van der Waals surface area contributed by atoms with Crippen LogP contribution in [0.3, 0.4) is 0 Å². The van der Waals surface area contributed by atoms with Crippen molar-refractivity contribution in [2.45, 2.75) is 45.9 Å².